The molecular weight excluding hydrogens is 208 g/mol. The Kier molecular flexibility index (Phi) is 3.03. The third-order valence-electron chi connectivity index (χ3n) is 2.73. The van der Waals surface area contributed by atoms with E-state index in [0.717, 1.165) is 31.4 Å². The maximum atomic E-state index is 11.9. The molecule has 1 aromatic rings. The summed E-state index contributed by atoms with van der Waals surface area (Å²) in [5, 5.41) is 6.58. The van der Waals surface area contributed by atoms with Crippen molar-refractivity contribution in [2.75, 3.05) is 6.61 Å². The van der Waals surface area contributed by atoms with E-state index in [1.54, 1.807) is 6.92 Å². The lowest BCUT2D eigenvalue weighted by Gasteiger charge is -2.14. The lowest BCUT2D eigenvalue weighted by atomic mass is 9.96. The van der Waals surface area contributed by atoms with E-state index >= 15 is 0 Å². The molecule has 2 rings (SSSR count). The molecule has 0 atom stereocenters. The first-order valence-corrected chi connectivity index (χ1v) is 5.51. The van der Waals surface area contributed by atoms with Crippen LogP contribution < -0.4 is 5.43 Å². The first kappa shape index (κ1) is 10.9. The minimum absolute atomic E-state index is 0.123. The highest BCUT2D eigenvalue weighted by molar-refractivity contribution is 5.87. The van der Waals surface area contributed by atoms with Crippen LogP contribution in [0.5, 0.6) is 0 Å². The Labute approximate surface area is 92.8 Å². The van der Waals surface area contributed by atoms with Crippen molar-refractivity contribution in [1.29, 1.82) is 0 Å². The molecule has 0 spiro atoms. The summed E-state index contributed by atoms with van der Waals surface area (Å²) in [6, 6.07) is 0. The fourth-order valence-corrected chi connectivity index (χ4v) is 1.93. The van der Waals surface area contributed by atoms with Gasteiger partial charge < -0.3 is 4.74 Å². The Morgan fingerprint density at radius 2 is 2.19 bits per heavy atom. The normalized spacial score (nSPS) is 14.3. The van der Waals surface area contributed by atoms with Crippen LogP contribution in [-0.4, -0.2) is 22.8 Å². The minimum Gasteiger partial charge on any atom is -0.461 e. The second-order valence-electron chi connectivity index (χ2n) is 3.79. The number of aromatic amines is 1. The summed E-state index contributed by atoms with van der Waals surface area (Å²) in [6.45, 7) is 1.95. The van der Waals surface area contributed by atoms with Gasteiger partial charge in [0, 0.05) is 11.3 Å². The number of carbonyl (C=O) groups is 1. The van der Waals surface area contributed by atoms with Gasteiger partial charge in [0.25, 0.3) is 0 Å². The fraction of sp³-hybridized carbons (Fsp3) is 0.545. The molecule has 1 N–H and O–H groups in total. The smallest absolute Gasteiger partial charge is 0.362 e. The Balaban J connectivity index is 2.42. The van der Waals surface area contributed by atoms with Crippen LogP contribution in [0.1, 0.15) is 41.5 Å². The number of aryl methyl sites for hydroxylation is 1. The van der Waals surface area contributed by atoms with Crippen molar-refractivity contribution in [3.05, 3.63) is 27.2 Å². The van der Waals surface area contributed by atoms with Gasteiger partial charge in [0.2, 0.25) is 11.1 Å². The maximum absolute atomic E-state index is 11.9. The summed E-state index contributed by atoms with van der Waals surface area (Å²) in [7, 11) is 0. The predicted molar refractivity (Wildman–Crippen MR) is 57.5 cm³/mol. The molecule has 16 heavy (non-hydrogen) atoms. The molecule has 5 nitrogen and oxygen atoms in total. The lowest BCUT2D eigenvalue weighted by molar-refractivity contribution is 0.0516. The Morgan fingerprint density at radius 1 is 1.44 bits per heavy atom. The number of carbonyl (C=O) groups excluding carboxylic acids is 1. The maximum Gasteiger partial charge on any atom is 0.362 e. The number of esters is 1. The topological polar surface area (TPSA) is 72.0 Å². The lowest BCUT2D eigenvalue weighted by Crippen LogP contribution is -2.27. The molecule has 86 valence electrons. The monoisotopic (exact) mass is 222 g/mol. The molecule has 1 aliphatic rings. The summed E-state index contributed by atoms with van der Waals surface area (Å²) in [6.07, 6.45) is 3.60. The molecule has 0 aliphatic heterocycles. The van der Waals surface area contributed by atoms with Crippen LogP contribution in [-0.2, 0) is 17.6 Å². The summed E-state index contributed by atoms with van der Waals surface area (Å²) < 4.78 is 4.78. The van der Waals surface area contributed by atoms with Crippen LogP contribution in [0, 0.1) is 0 Å². The van der Waals surface area contributed by atoms with Gasteiger partial charge in [0.05, 0.1) is 6.61 Å². The first-order valence-electron chi connectivity index (χ1n) is 5.51. The Morgan fingerprint density at radius 3 is 2.94 bits per heavy atom. The van der Waals surface area contributed by atoms with Gasteiger partial charge >= 0.3 is 5.97 Å². The molecule has 0 fully saturated rings. The number of fused-ring (bicyclic) bond motifs is 1. The highest BCUT2D eigenvalue weighted by Gasteiger charge is 2.21. The zero-order chi connectivity index (χ0) is 11.5. The van der Waals surface area contributed by atoms with Gasteiger partial charge in [-0.25, -0.2) is 4.79 Å². The standard InChI is InChI=1S/C11H14N2O3/c1-2-16-11(15)9-10(14)7-5-3-4-6-8(7)12-13-9/h2-6H2,1H3,(H,12,14). The average Bonchev–Trinajstić information content (AvgIpc) is 2.30. The van der Waals surface area contributed by atoms with Gasteiger partial charge in [-0.15, -0.1) is 0 Å². The predicted octanol–water partition coefficient (Wildman–Crippen LogP) is 0.825. The highest BCUT2D eigenvalue weighted by Crippen LogP contribution is 2.15. The van der Waals surface area contributed by atoms with Gasteiger partial charge in [0.15, 0.2) is 0 Å². The molecule has 1 aromatic heterocycles. The van der Waals surface area contributed by atoms with Gasteiger partial charge in [0.1, 0.15) is 0 Å². The number of aromatic nitrogens is 2. The number of hydrogen-bond donors (Lipinski definition) is 1. The number of nitrogens with one attached hydrogen (secondary N) is 1. The number of H-pyrrole nitrogens is 1. The van der Waals surface area contributed by atoms with Crippen molar-refractivity contribution in [2.24, 2.45) is 0 Å². The van der Waals surface area contributed by atoms with Crippen LogP contribution >= 0.6 is 0 Å². The van der Waals surface area contributed by atoms with Gasteiger partial charge in [-0.1, -0.05) is 0 Å². The van der Waals surface area contributed by atoms with Crippen molar-refractivity contribution in [3.63, 3.8) is 0 Å². The third kappa shape index (κ3) is 1.85. The second-order valence-corrected chi connectivity index (χ2v) is 3.79. The van der Waals surface area contributed by atoms with Crippen molar-refractivity contribution >= 4 is 5.97 Å². The van der Waals surface area contributed by atoms with E-state index in [1.165, 1.54) is 0 Å². The van der Waals surface area contributed by atoms with E-state index in [4.69, 9.17) is 4.74 Å². The van der Waals surface area contributed by atoms with Crippen LogP contribution in [0.3, 0.4) is 0 Å². The van der Waals surface area contributed by atoms with E-state index in [1.807, 2.05) is 0 Å². The molecule has 0 amide bonds. The third-order valence-corrected chi connectivity index (χ3v) is 2.73. The van der Waals surface area contributed by atoms with Crippen molar-refractivity contribution in [1.82, 2.24) is 10.2 Å². The minimum atomic E-state index is -0.642. The van der Waals surface area contributed by atoms with E-state index in [9.17, 15) is 9.59 Å². The van der Waals surface area contributed by atoms with Crippen molar-refractivity contribution in [2.45, 2.75) is 32.6 Å². The Hall–Kier alpha value is -1.65. The van der Waals surface area contributed by atoms with E-state index < -0.39 is 5.97 Å². The molecule has 0 bridgehead atoms. The zero-order valence-corrected chi connectivity index (χ0v) is 9.21. The van der Waals surface area contributed by atoms with Gasteiger partial charge in [-0.2, -0.15) is 5.10 Å². The summed E-state index contributed by atoms with van der Waals surface area (Å²) in [5.41, 5.74) is 1.17. The van der Waals surface area contributed by atoms with Crippen molar-refractivity contribution < 1.29 is 9.53 Å². The summed E-state index contributed by atoms with van der Waals surface area (Å²) in [5.74, 6) is -0.642. The van der Waals surface area contributed by atoms with E-state index in [-0.39, 0.29) is 17.7 Å². The highest BCUT2D eigenvalue weighted by atomic mass is 16.5. The van der Waals surface area contributed by atoms with Crippen LogP contribution in [0.2, 0.25) is 0 Å². The van der Waals surface area contributed by atoms with Gasteiger partial charge in [-0.05, 0) is 32.6 Å². The largest absolute Gasteiger partial charge is 0.461 e. The van der Waals surface area contributed by atoms with Crippen LogP contribution in [0.4, 0.5) is 0 Å². The number of rotatable bonds is 2. The van der Waals surface area contributed by atoms with E-state index in [2.05, 4.69) is 10.2 Å². The number of hydrogen-bond acceptors (Lipinski definition) is 4. The molecule has 1 aliphatic carbocycles. The average molecular weight is 222 g/mol. The first-order chi connectivity index (χ1) is 7.74. The van der Waals surface area contributed by atoms with Gasteiger partial charge in [-0.3, -0.25) is 9.89 Å². The molecule has 5 heteroatoms. The molecule has 0 saturated carbocycles. The molecule has 0 unspecified atom stereocenters. The quantitative estimate of drug-likeness (QED) is 0.752. The number of nitrogens with zero attached hydrogens (tertiary/aromatic N) is 1. The van der Waals surface area contributed by atoms with Crippen LogP contribution in [0.15, 0.2) is 4.79 Å². The Bertz CT molecular complexity index is 465. The van der Waals surface area contributed by atoms with Crippen molar-refractivity contribution in [3.8, 4) is 0 Å². The summed E-state index contributed by atoms with van der Waals surface area (Å²) >= 11 is 0. The summed E-state index contributed by atoms with van der Waals surface area (Å²) in [4.78, 5) is 23.4. The second kappa shape index (κ2) is 4.47. The molecular formula is C11H14N2O3. The zero-order valence-electron chi connectivity index (χ0n) is 9.21. The molecule has 0 aromatic carbocycles. The SMILES string of the molecule is CCOC(=O)c1n[nH]c2c(c1=O)CCCC2. The molecule has 1 heterocycles. The molecule has 0 saturated heterocycles. The fourth-order valence-electron chi connectivity index (χ4n) is 1.93. The van der Waals surface area contributed by atoms with Crippen LogP contribution in [0.25, 0.3) is 0 Å². The number of ether oxygens (including phenoxy) is 1. The molecule has 0 radical (unpaired) electrons. The van der Waals surface area contributed by atoms with E-state index in [0.29, 0.717) is 5.56 Å².